The van der Waals surface area contributed by atoms with Crippen LogP contribution < -0.4 is 14.8 Å². The highest BCUT2D eigenvalue weighted by molar-refractivity contribution is 7.89. The fraction of sp³-hybridized carbons (Fsp3) is 0.409. The van der Waals surface area contributed by atoms with Gasteiger partial charge in [-0.1, -0.05) is 30.3 Å². The first kappa shape index (κ1) is 24.0. The molecule has 1 aliphatic rings. The first-order valence-corrected chi connectivity index (χ1v) is 11.8. The molecule has 0 aliphatic carbocycles. The van der Waals surface area contributed by atoms with E-state index in [0.29, 0.717) is 31.8 Å². The lowest BCUT2D eigenvalue weighted by atomic mass is 10.0. The summed E-state index contributed by atoms with van der Waals surface area (Å²) in [6.45, 7) is 0.570. The Labute approximate surface area is 187 Å². The first-order valence-electron chi connectivity index (χ1n) is 10.3. The lowest BCUT2D eigenvalue weighted by Crippen LogP contribution is -2.50. The number of methoxy groups -OCH3 is 1. The van der Waals surface area contributed by atoms with Gasteiger partial charge in [-0.05, 0) is 36.2 Å². The number of carbonyl (C=O) groups excluding carboxylic acids is 1. The number of sulfonamides is 1. The van der Waals surface area contributed by atoms with E-state index in [1.165, 1.54) is 31.4 Å². The lowest BCUT2D eigenvalue weighted by molar-refractivity contribution is 0.0698. The van der Waals surface area contributed by atoms with Crippen molar-refractivity contribution in [1.82, 2.24) is 10.0 Å². The van der Waals surface area contributed by atoms with E-state index < -0.39 is 28.3 Å². The third-order valence-electron chi connectivity index (χ3n) is 5.08. The SMILES string of the molecule is COc1ccc(S(=O)(=O)NC[C@@H](O)[C@H](Cc2ccccc2)NC(=O)O[C@H]2CCOC2)cc1. The van der Waals surface area contributed by atoms with E-state index in [0.717, 1.165) is 5.56 Å². The molecule has 1 fully saturated rings. The van der Waals surface area contributed by atoms with E-state index in [9.17, 15) is 18.3 Å². The second-order valence-corrected chi connectivity index (χ2v) is 9.19. The minimum absolute atomic E-state index is 0.0405. The largest absolute Gasteiger partial charge is 0.497 e. The van der Waals surface area contributed by atoms with Gasteiger partial charge in [-0.2, -0.15) is 0 Å². The van der Waals surface area contributed by atoms with E-state index >= 15 is 0 Å². The summed E-state index contributed by atoms with van der Waals surface area (Å²) in [5.74, 6) is 0.530. The number of amides is 1. The number of hydrogen-bond acceptors (Lipinski definition) is 7. The quantitative estimate of drug-likeness (QED) is 0.486. The number of aliphatic hydroxyl groups excluding tert-OH is 1. The second-order valence-electron chi connectivity index (χ2n) is 7.43. The highest BCUT2D eigenvalue weighted by Crippen LogP contribution is 2.16. The van der Waals surface area contributed by atoms with Gasteiger partial charge in [0, 0.05) is 13.0 Å². The van der Waals surface area contributed by atoms with Crippen molar-refractivity contribution in [2.45, 2.75) is 36.0 Å². The van der Waals surface area contributed by atoms with Crippen LogP contribution in [0.2, 0.25) is 0 Å². The fourth-order valence-electron chi connectivity index (χ4n) is 3.27. The van der Waals surface area contributed by atoms with Gasteiger partial charge in [0.1, 0.15) is 11.9 Å². The van der Waals surface area contributed by atoms with E-state index in [-0.39, 0.29) is 17.5 Å². The Balaban J connectivity index is 1.64. The number of hydrogen-bond donors (Lipinski definition) is 3. The summed E-state index contributed by atoms with van der Waals surface area (Å²) in [5.41, 5.74) is 0.874. The van der Waals surface area contributed by atoms with Crippen LogP contribution in [0.3, 0.4) is 0 Å². The standard InChI is InChI=1S/C22H28N2O7S/c1-29-17-7-9-19(10-8-17)32(27,28)23-14-21(25)20(13-16-5-3-2-4-6-16)24-22(26)31-18-11-12-30-15-18/h2-10,18,20-21,23,25H,11-15H2,1H3,(H,24,26)/t18-,20-,21+/m0/s1. The van der Waals surface area contributed by atoms with Crippen molar-refractivity contribution in [2.75, 3.05) is 26.9 Å². The summed E-state index contributed by atoms with van der Waals surface area (Å²) in [6, 6.07) is 14.4. The minimum atomic E-state index is -3.86. The van der Waals surface area contributed by atoms with Crippen molar-refractivity contribution >= 4 is 16.1 Å². The van der Waals surface area contributed by atoms with Gasteiger partial charge in [-0.15, -0.1) is 0 Å². The predicted molar refractivity (Wildman–Crippen MR) is 117 cm³/mol. The molecule has 3 N–H and O–H groups in total. The Kier molecular flexibility index (Phi) is 8.46. The molecule has 32 heavy (non-hydrogen) atoms. The van der Waals surface area contributed by atoms with Crippen LogP contribution in [-0.2, 0) is 25.9 Å². The highest BCUT2D eigenvalue weighted by atomic mass is 32.2. The molecule has 1 aliphatic heterocycles. The molecule has 10 heteroatoms. The van der Waals surface area contributed by atoms with Crippen molar-refractivity contribution in [3.05, 3.63) is 60.2 Å². The van der Waals surface area contributed by atoms with Crippen LogP contribution in [0, 0.1) is 0 Å². The first-order chi connectivity index (χ1) is 15.4. The molecular weight excluding hydrogens is 436 g/mol. The van der Waals surface area contributed by atoms with E-state index in [4.69, 9.17) is 14.2 Å². The third-order valence-corrected chi connectivity index (χ3v) is 6.52. The summed E-state index contributed by atoms with van der Waals surface area (Å²) in [4.78, 5) is 12.4. The maximum absolute atomic E-state index is 12.6. The van der Waals surface area contributed by atoms with Gasteiger partial charge in [0.15, 0.2) is 0 Å². The van der Waals surface area contributed by atoms with Crippen LogP contribution in [0.15, 0.2) is 59.5 Å². The molecule has 0 saturated carbocycles. The van der Waals surface area contributed by atoms with Crippen LogP contribution in [0.1, 0.15) is 12.0 Å². The van der Waals surface area contributed by atoms with Crippen molar-refractivity contribution in [1.29, 1.82) is 0 Å². The van der Waals surface area contributed by atoms with Crippen molar-refractivity contribution in [2.24, 2.45) is 0 Å². The van der Waals surface area contributed by atoms with Gasteiger partial charge in [0.2, 0.25) is 10.0 Å². The van der Waals surface area contributed by atoms with Crippen LogP contribution in [0.5, 0.6) is 5.75 Å². The van der Waals surface area contributed by atoms with Gasteiger partial charge in [0.25, 0.3) is 0 Å². The number of alkyl carbamates (subject to hydrolysis) is 1. The normalized spacial score (nSPS) is 18.0. The maximum atomic E-state index is 12.6. The fourth-order valence-corrected chi connectivity index (χ4v) is 4.32. The van der Waals surface area contributed by atoms with Gasteiger partial charge >= 0.3 is 6.09 Å². The average molecular weight is 465 g/mol. The number of nitrogens with one attached hydrogen (secondary N) is 2. The number of aliphatic hydroxyl groups is 1. The Morgan fingerprint density at radius 3 is 2.53 bits per heavy atom. The molecule has 0 unspecified atom stereocenters. The van der Waals surface area contributed by atoms with Crippen molar-refractivity contribution in [3.63, 3.8) is 0 Å². The molecule has 1 saturated heterocycles. The molecule has 0 bridgehead atoms. The van der Waals surface area contributed by atoms with Crippen molar-refractivity contribution in [3.8, 4) is 5.75 Å². The summed E-state index contributed by atoms with van der Waals surface area (Å²) >= 11 is 0. The van der Waals surface area contributed by atoms with Gasteiger partial charge in [-0.3, -0.25) is 0 Å². The summed E-state index contributed by atoms with van der Waals surface area (Å²) in [6.07, 6.45) is -1.31. The predicted octanol–water partition coefficient (Wildman–Crippen LogP) is 1.46. The van der Waals surface area contributed by atoms with Gasteiger partial charge < -0.3 is 24.6 Å². The Morgan fingerprint density at radius 1 is 1.19 bits per heavy atom. The zero-order chi connectivity index (χ0) is 23.0. The van der Waals surface area contributed by atoms with Gasteiger partial charge in [0.05, 0.1) is 37.4 Å². The van der Waals surface area contributed by atoms with E-state index in [1.807, 2.05) is 30.3 Å². The smallest absolute Gasteiger partial charge is 0.407 e. The summed E-state index contributed by atoms with van der Waals surface area (Å²) < 4.78 is 43.1. The van der Waals surface area contributed by atoms with Gasteiger partial charge in [-0.25, -0.2) is 17.9 Å². The number of ether oxygens (including phenoxy) is 3. The topological polar surface area (TPSA) is 123 Å². The molecule has 3 atom stereocenters. The molecular formula is C22H28N2O7S. The minimum Gasteiger partial charge on any atom is -0.497 e. The second kappa shape index (κ2) is 11.3. The summed E-state index contributed by atoms with van der Waals surface area (Å²) in [7, 11) is -2.37. The zero-order valence-corrected chi connectivity index (χ0v) is 18.6. The monoisotopic (exact) mass is 464 g/mol. The highest BCUT2D eigenvalue weighted by Gasteiger charge is 2.27. The van der Waals surface area contributed by atoms with Crippen LogP contribution in [0.25, 0.3) is 0 Å². The van der Waals surface area contributed by atoms with Crippen LogP contribution in [0.4, 0.5) is 4.79 Å². The Hall–Kier alpha value is -2.66. The Morgan fingerprint density at radius 2 is 1.91 bits per heavy atom. The molecule has 3 rings (SSSR count). The molecule has 1 amide bonds. The zero-order valence-electron chi connectivity index (χ0n) is 17.8. The average Bonchev–Trinajstić information content (AvgIpc) is 3.30. The molecule has 0 radical (unpaired) electrons. The molecule has 2 aromatic rings. The molecule has 9 nitrogen and oxygen atoms in total. The molecule has 1 heterocycles. The molecule has 0 spiro atoms. The molecule has 0 aromatic heterocycles. The number of benzene rings is 2. The van der Waals surface area contributed by atoms with Crippen LogP contribution in [-0.4, -0.2) is 64.7 Å². The maximum Gasteiger partial charge on any atom is 0.407 e. The van der Waals surface area contributed by atoms with E-state index in [2.05, 4.69) is 10.0 Å². The lowest BCUT2D eigenvalue weighted by Gasteiger charge is -2.25. The molecule has 2 aromatic carbocycles. The number of rotatable bonds is 10. The van der Waals surface area contributed by atoms with E-state index in [1.54, 1.807) is 0 Å². The Bertz CT molecular complexity index is 962. The molecule has 174 valence electrons. The number of carbonyl (C=O) groups is 1. The summed E-state index contributed by atoms with van der Waals surface area (Å²) in [5, 5.41) is 13.4. The van der Waals surface area contributed by atoms with Crippen LogP contribution >= 0.6 is 0 Å². The van der Waals surface area contributed by atoms with Crippen molar-refractivity contribution < 1.29 is 32.5 Å². The third kappa shape index (κ3) is 6.92.